The maximum absolute atomic E-state index is 12.7. The van der Waals surface area contributed by atoms with Crippen molar-refractivity contribution in [2.75, 3.05) is 11.4 Å². The number of aryl methyl sites for hydroxylation is 2. The molecule has 7 nitrogen and oxygen atoms in total. The molecule has 1 aliphatic heterocycles. The summed E-state index contributed by atoms with van der Waals surface area (Å²) in [6, 6.07) is 12.6. The molecule has 0 atom stereocenters. The molecule has 0 radical (unpaired) electrons. The molecule has 0 saturated heterocycles. The first-order valence-corrected chi connectivity index (χ1v) is 11.2. The fraction of sp³-hybridized carbons (Fsp3) is 0.263. The molecule has 1 aromatic heterocycles. The second-order valence-electron chi connectivity index (χ2n) is 6.68. The van der Waals surface area contributed by atoms with Gasteiger partial charge in [0, 0.05) is 26.2 Å². The quantitative estimate of drug-likeness (QED) is 0.665. The summed E-state index contributed by atoms with van der Waals surface area (Å²) >= 11 is 1.41. The van der Waals surface area contributed by atoms with Crippen LogP contribution in [0.25, 0.3) is 10.2 Å². The molecule has 0 aliphatic carbocycles. The molecular weight excluding hydrogens is 396 g/mol. The summed E-state index contributed by atoms with van der Waals surface area (Å²) in [6.45, 7) is 2.18. The van der Waals surface area contributed by atoms with Crippen molar-refractivity contribution >= 4 is 43.2 Å². The molecule has 2 heterocycles. The van der Waals surface area contributed by atoms with E-state index in [1.807, 2.05) is 35.9 Å². The van der Waals surface area contributed by atoms with Crippen molar-refractivity contribution in [2.24, 2.45) is 12.1 Å². The van der Waals surface area contributed by atoms with E-state index in [1.54, 1.807) is 17.0 Å². The van der Waals surface area contributed by atoms with E-state index in [1.165, 1.54) is 24.3 Å². The highest BCUT2D eigenvalue weighted by Crippen LogP contribution is 2.29. The Morgan fingerprint density at radius 2 is 2.00 bits per heavy atom. The van der Waals surface area contributed by atoms with Crippen LogP contribution >= 0.6 is 11.3 Å². The van der Waals surface area contributed by atoms with Gasteiger partial charge < -0.3 is 9.47 Å². The van der Waals surface area contributed by atoms with Gasteiger partial charge in [-0.1, -0.05) is 23.5 Å². The number of nitrogens with one attached hydrogen (secondary N) is 1. The molecule has 146 valence electrons. The van der Waals surface area contributed by atoms with Gasteiger partial charge in [0.2, 0.25) is 10.7 Å². The average molecular weight is 417 g/mol. The third-order valence-corrected chi connectivity index (χ3v) is 7.16. The van der Waals surface area contributed by atoms with E-state index in [-0.39, 0.29) is 10.8 Å². The molecule has 4 rings (SSSR count). The van der Waals surface area contributed by atoms with E-state index in [4.69, 9.17) is 0 Å². The zero-order chi connectivity index (χ0) is 19.9. The summed E-state index contributed by atoms with van der Waals surface area (Å²) in [5, 5.41) is 4.13. The van der Waals surface area contributed by atoms with E-state index >= 15 is 0 Å². The monoisotopic (exact) mass is 416 g/mol. The lowest BCUT2D eigenvalue weighted by Gasteiger charge is -2.28. The number of benzene rings is 2. The Kier molecular flexibility index (Phi) is 4.72. The molecule has 0 fully saturated rings. The Morgan fingerprint density at radius 3 is 2.75 bits per heavy atom. The Morgan fingerprint density at radius 1 is 1.21 bits per heavy atom. The van der Waals surface area contributed by atoms with Gasteiger partial charge >= 0.3 is 0 Å². The molecule has 2 aromatic carbocycles. The van der Waals surface area contributed by atoms with E-state index in [2.05, 4.69) is 9.93 Å². The standard InChI is InChI=1S/C19H20N4O3S2/c1-13(24)23-11-5-6-14-12-15(9-10-16(14)23)28(25,26)21-20-19-22(2)17-7-3-4-8-18(17)27-19/h3-4,7-10,12,21H,5-6,11H2,1-2H3/b20-19+. The van der Waals surface area contributed by atoms with Crippen LogP contribution in [0.5, 0.6) is 0 Å². The van der Waals surface area contributed by atoms with E-state index in [0.717, 1.165) is 34.3 Å². The van der Waals surface area contributed by atoms with Crippen LogP contribution in [0, 0.1) is 0 Å². The van der Waals surface area contributed by atoms with Crippen molar-refractivity contribution < 1.29 is 13.2 Å². The van der Waals surface area contributed by atoms with E-state index < -0.39 is 10.0 Å². The predicted octanol–water partition coefficient (Wildman–Crippen LogP) is 2.33. The number of rotatable bonds is 3. The number of fused-ring (bicyclic) bond motifs is 2. The maximum atomic E-state index is 12.7. The van der Waals surface area contributed by atoms with Crippen molar-refractivity contribution in [1.82, 2.24) is 9.40 Å². The molecule has 0 spiro atoms. The smallest absolute Gasteiger partial charge is 0.276 e. The SMILES string of the molecule is CC(=O)N1CCCc2cc(S(=O)(=O)N/N=c3/sc4ccccc4n3C)ccc21. The van der Waals surface area contributed by atoms with Crippen LogP contribution in [0.3, 0.4) is 0 Å². The predicted molar refractivity (Wildman–Crippen MR) is 109 cm³/mol. The number of anilines is 1. The fourth-order valence-electron chi connectivity index (χ4n) is 3.41. The summed E-state index contributed by atoms with van der Waals surface area (Å²) in [4.78, 5) is 16.5. The highest BCUT2D eigenvalue weighted by atomic mass is 32.2. The second-order valence-corrected chi connectivity index (χ2v) is 9.35. The summed E-state index contributed by atoms with van der Waals surface area (Å²) in [7, 11) is -1.96. The van der Waals surface area contributed by atoms with Crippen LogP contribution in [-0.2, 0) is 28.3 Å². The molecular formula is C19H20N4O3S2. The normalized spacial score (nSPS) is 14.9. The van der Waals surface area contributed by atoms with Crippen LogP contribution in [0.15, 0.2) is 52.5 Å². The van der Waals surface area contributed by atoms with Gasteiger partial charge in [0.1, 0.15) is 0 Å². The van der Waals surface area contributed by atoms with Gasteiger partial charge in [0.15, 0.2) is 0 Å². The average Bonchev–Trinajstić information content (AvgIpc) is 3.01. The summed E-state index contributed by atoms with van der Waals surface area (Å²) in [6.07, 6.45) is 1.55. The van der Waals surface area contributed by atoms with Crippen LogP contribution in [0.4, 0.5) is 5.69 Å². The molecule has 28 heavy (non-hydrogen) atoms. The number of carbonyl (C=O) groups is 1. The number of sulfonamides is 1. The van der Waals surface area contributed by atoms with E-state index in [0.29, 0.717) is 11.3 Å². The number of aromatic nitrogens is 1. The number of hydrogen-bond donors (Lipinski definition) is 1. The minimum atomic E-state index is -3.81. The van der Waals surface area contributed by atoms with Crippen molar-refractivity contribution in [3.8, 4) is 0 Å². The maximum Gasteiger partial charge on any atom is 0.276 e. The largest absolute Gasteiger partial charge is 0.318 e. The Labute approximate surface area is 167 Å². The lowest BCUT2D eigenvalue weighted by atomic mass is 10.0. The zero-order valence-electron chi connectivity index (χ0n) is 15.5. The molecule has 0 unspecified atom stereocenters. The third-order valence-electron chi connectivity index (χ3n) is 4.84. The lowest BCUT2D eigenvalue weighted by molar-refractivity contribution is -0.116. The molecule has 3 aromatic rings. The first kappa shape index (κ1) is 18.7. The number of amides is 1. The highest BCUT2D eigenvalue weighted by molar-refractivity contribution is 7.89. The number of nitrogens with zero attached hydrogens (tertiary/aromatic N) is 3. The first-order valence-electron chi connectivity index (χ1n) is 8.88. The summed E-state index contributed by atoms with van der Waals surface area (Å²) < 4.78 is 28.4. The van der Waals surface area contributed by atoms with Crippen LogP contribution in [0.2, 0.25) is 0 Å². The molecule has 1 aliphatic rings. The molecule has 1 amide bonds. The van der Waals surface area contributed by atoms with Gasteiger partial charge in [0.05, 0.1) is 15.1 Å². The third kappa shape index (κ3) is 3.31. The topological polar surface area (TPSA) is 83.8 Å². The van der Waals surface area contributed by atoms with Gasteiger partial charge in [-0.25, -0.2) is 0 Å². The number of hydrogen-bond acceptors (Lipinski definition) is 5. The van der Waals surface area contributed by atoms with Gasteiger partial charge in [-0.3, -0.25) is 4.79 Å². The molecule has 9 heteroatoms. The minimum Gasteiger partial charge on any atom is -0.318 e. The van der Waals surface area contributed by atoms with Gasteiger partial charge in [-0.2, -0.15) is 13.2 Å². The Hall–Kier alpha value is -2.65. The first-order chi connectivity index (χ1) is 13.4. The van der Waals surface area contributed by atoms with E-state index in [9.17, 15) is 13.2 Å². The highest BCUT2D eigenvalue weighted by Gasteiger charge is 2.23. The van der Waals surface area contributed by atoms with Crippen molar-refractivity contribution in [2.45, 2.75) is 24.7 Å². The van der Waals surface area contributed by atoms with Crippen molar-refractivity contribution in [3.63, 3.8) is 0 Å². The van der Waals surface area contributed by atoms with Gasteiger partial charge in [-0.05, 0) is 48.7 Å². The van der Waals surface area contributed by atoms with Gasteiger partial charge in [0.25, 0.3) is 10.0 Å². The molecule has 0 saturated carbocycles. The molecule has 0 bridgehead atoms. The number of carbonyl (C=O) groups excluding carboxylic acids is 1. The van der Waals surface area contributed by atoms with Crippen molar-refractivity contribution in [1.29, 1.82) is 0 Å². The lowest BCUT2D eigenvalue weighted by Crippen LogP contribution is -2.33. The van der Waals surface area contributed by atoms with Crippen LogP contribution in [0.1, 0.15) is 18.9 Å². The Bertz CT molecular complexity index is 1240. The number of thiazole rings is 1. The van der Waals surface area contributed by atoms with Crippen LogP contribution < -0.4 is 14.5 Å². The summed E-state index contributed by atoms with van der Waals surface area (Å²) in [5.74, 6) is -0.0399. The number of para-hydroxylation sites is 1. The van der Waals surface area contributed by atoms with Crippen molar-refractivity contribution in [3.05, 3.63) is 52.8 Å². The zero-order valence-corrected chi connectivity index (χ0v) is 17.2. The van der Waals surface area contributed by atoms with Gasteiger partial charge in [-0.15, -0.1) is 5.10 Å². The van der Waals surface area contributed by atoms with Crippen LogP contribution in [-0.4, -0.2) is 25.4 Å². The Balaban J connectivity index is 1.67. The molecule has 1 N–H and O–H groups in total. The summed E-state index contributed by atoms with van der Waals surface area (Å²) in [5.41, 5.74) is 2.63. The fourth-order valence-corrected chi connectivity index (χ4v) is 5.30. The second kappa shape index (κ2) is 7.06. The minimum absolute atomic E-state index is 0.0399.